The van der Waals surface area contributed by atoms with Crippen LogP contribution in [0.15, 0.2) is 72.8 Å². The zero-order chi connectivity index (χ0) is 33.5. The molecule has 0 heterocycles. The summed E-state index contributed by atoms with van der Waals surface area (Å²) < 4.78 is 13.3. The number of unbranched alkanes of at least 4 members (excludes halogenated alkanes) is 4. The number of aryl methyl sites for hydroxylation is 3. The molecule has 0 saturated carbocycles. The van der Waals surface area contributed by atoms with Crippen molar-refractivity contribution in [1.82, 2.24) is 0 Å². The fraction of sp³-hybridized carbons (Fsp3) is 0.561. The standard InChI is InChI=1S/C41H64BO3P/c1-8-12-31-46(32-13-9-2,33-14-10-3,34-15-11-4)45-42(43)44-30-16-29-41(38-23-17-35(5)18-24-38,39-25-19-36(6)20-26-39)40-27-21-37(7)22-28-40/h17-28,43H,8-16,29-34H2,1-7H3. The Kier molecular flexibility index (Phi) is 15.5. The summed E-state index contributed by atoms with van der Waals surface area (Å²) in [5.74, 6) is 0. The van der Waals surface area contributed by atoms with Crippen molar-refractivity contribution in [3.05, 3.63) is 106 Å². The summed E-state index contributed by atoms with van der Waals surface area (Å²) >= 11 is 0. The van der Waals surface area contributed by atoms with E-state index in [1.165, 1.54) is 33.4 Å². The Morgan fingerprint density at radius 3 is 1.17 bits per heavy atom. The van der Waals surface area contributed by atoms with Gasteiger partial charge in [0.25, 0.3) is 0 Å². The normalized spacial score (nSPS) is 13.0. The van der Waals surface area contributed by atoms with E-state index in [0.717, 1.165) is 88.9 Å². The van der Waals surface area contributed by atoms with Gasteiger partial charge in [-0.15, -0.1) is 0 Å². The van der Waals surface area contributed by atoms with Crippen molar-refractivity contribution in [2.45, 2.75) is 118 Å². The average molecular weight is 647 g/mol. The van der Waals surface area contributed by atoms with Gasteiger partial charge in [0.2, 0.25) is 0 Å². The summed E-state index contributed by atoms with van der Waals surface area (Å²) in [6, 6.07) is 27.1. The molecular formula is C41H64BO3P. The predicted molar refractivity (Wildman–Crippen MR) is 204 cm³/mol. The predicted octanol–water partition coefficient (Wildman–Crippen LogP) is 11.4. The van der Waals surface area contributed by atoms with Crippen LogP contribution in [-0.2, 0) is 14.5 Å². The zero-order valence-corrected chi connectivity index (χ0v) is 31.2. The van der Waals surface area contributed by atoms with Crippen molar-refractivity contribution in [3.8, 4) is 0 Å². The Bertz CT molecular complexity index is 1120. The number of hydrogen-bond acceptors (Lipinski definition) is 3. The molecule has 0 atom stereocenters. The first kappa shape index (κ1) is 38.5. The van der Waals surface area contributed by atoms with Gasteiger partial charge in [-0.25, -0.2) is 0 Å². The van der Waals surface area contributed by atoms with Crippen molar-refractivity contribution in [1.29, 1.82) is 0 Å². The van der Waals surface area contributed by atoms with Gasteiger partial charge in [-0.3, -0.25) is 0 Å². The first-order chi connectivity index (χ1) is 22.2. The quantitative estimate of drug-likeness (QED) is 0.0511. The van der Waals surface area contributed by atoms with Gasteiger partial charge in [-0.1, -0.05) is 0 Å². The maximum absolute atomic E-state index is 11.5. The molecule has 0 amide bonds. The van der Waals surface area contributed by atoms with Gasteiger partial charge >= 0.3 is 284 Å². The van der Waals surface area contributed by atoms with Crippen LogP contribution in [0.25, 0.3) is 0 Å². The third kappa shape index (κ3) is 10.0. The summed E-state index contributed by atoms with van der Waals surface area (Å²) in [4.78, 5) is 0. The van der Waals surface area contributed by atoms with Crippen LogP contribution in [0, 0.1) is 20.8 Å². The monoisotopic (exact) mass is 646 g/mol. The minimum absolute atomic E-state index is 0.339. The van der Waals surface area contributed by atoms with Gasteiger partial charge in [-0.05, 0) is 0 Å². The van der Waals surface area contributed by atoms with E-state index in [1.807, 2.05) is 0 Å². The molecule has 0 aliphatic heterocycles. The Morgan fingerprint density at radius 1 is 0.543 bits per heavy atom. The van der Waals surface area contributed by atoms with Crippen LogP contribution < -0.4 is 0 Å². The van der Waals surface area contributed by atoms with Gasteiger partial charge in [0.05, 0.1) is 0 Å². The van der Waals surface area contributed by atoms with Crippen molar-refractivity contribution in [3.63, 3.8) is 0 Å². The molecule has 0 aromatic heterocycles. The van der Waals surface area contributed by atoms with Crippen molar-refractivity contribution < 1.29 is 14.1 Å². The molecule has 3 rings (SSSR count). The summed E-state index contributed by atoms with van der Waals surface area (Å²) in [5, 5.41) is 11.5. The van der Waals surface area contributed by atoms with E-state index >= 15 is 0 Å². The van der Waals surface area contributed by atoms with Gasteiger partial charge in [-0.2, -0.15) is 0 Å². The molecule has 46 heavy (non-hydrogen) atoms. The average Bonchev–Trinajstić information content (AvgIpc) is 3.06. The molecular weight excluding hydrogens is 582 g/mol. The maximum atomic E-state index is 11.5. The minimum atomic E-state index is -2.64. The number of hydrogen-bond donors (Lipinski definition) is 1. The molecule has 0 unspecified atom stereocenters. The second-order valence-electron chi connectivity index (χ2n) is 14.1. The molecule has 0 spiro atoms. The van der Waals surface area contributed by atoms with E-state index in [2.05, 4.69) is 121 Å². The second kappa shape index (κ2) is 18.5. The van der Waals surface area contributed by atoms with Crippen molar-refractivity contribution in [2.24, 2.45) is 0 Å². The Labute approximate surface area is 283 Å². The molecule has 3 aromatic rings. The Morgan fingerprint density at radius 2 is 0.870 bits per heavy atom. The fourth-order valence-corrected chi connectivity index (χ4v) is 14.2. The zero-order valence-electron chi connectivity index (χ0n) is 30.3. The van der Waals surface area contributed by atoms with E-state index in [0.29, 0.717) is 6.61 Å². The molecule has 5 heteroatoms. The molecule has 254 valence electrons. The van der Waals surface area contributed by atoms with Gasteiger partial charge in [0.1, 0.15) is 0 Å². The van der Waals surface area contributed by atoms with E-state index in [4.69, 9.17) is 9.10 Å². The van der Waals surface area contributed by atoms with Crippen LogP contribution >= 0.6 is 6.83 Å². The summed E-state index contributed by atoms with van der Waals surface area (Å²) in [7, 11) is -1.17. The van der Waals surface area contributed by atoms with Crippen molar-refractivity contribution >= 4 is 14.2 Å². The Hall–Kier alpha value is -1.97. The molecule has 3 nitrogen and oxygen atoms in total. The molecule has 1 N–H and O–H groups in total. The van der Waals surface area contributed by atoms with Crippen LogP contribution in [-0.4, -0.2) is 43.6 Å². The van der Waals surface area contributed by atoms with E-state index in [1.54, 1.807) is 0 Å². The summed E-state index contributed by atoms with van der Waals surface area (Å²) in [6.45, 7) is 13.4. The van der Waals surface area contributed by atoms with Gasteiger partial charge < -0.3 is 0 Å². The van der Waals surface area contributed by atoms with Crippen LogP contribution in [0.4, 0.5) is 0 Å². The molecule has 3 aromatic carbocycles. The molecule has 0 aliphatic rings. The van der Waals surface area contributed by atoms with Gasteiger partial charge in [0.15, 0.2) is 0 Å². The molecule has 0 bridgehead atoms. The van der Waals surface area contributed by atoms with Crippen LogP contribution in [0.1, 0.15) is 125 Å². The first-order valence-electron chi connectivity index (χ1n) is 18.4. The van der Waals surface area contributed by atoms with Crippen molar-refractivity contribution in [2.75, 3.05) is 31.3 Å². The molecule has 0 radical (unpaired) electrons. The number of rotatable bonds is 22. The van der Waals surface area contributed by atoms with E-state index in [9.17, 15) is 5.02 Å². The van der Waals surface area contributed by atoms with Crippen LogP contribution in [0.3, 0.4) is 0 Å². The first-order valence-corrected chi connectivity index (χ1v) is 21.3. The molecule has 0 saturated heterocycles. The fourth-order valence-electron chi connectivity index (χ4n) is 7.37. The summed E-state index contributed by atoms with van der Waals surface area (Å²) in [6.07, 6.45) is 15.4. The topological polar surface area (TPSA) is 38.7 Å². The van der Waals surface area contributed by atoms with E-state index in [-0.39, 0.29) is 5.41 Å². The van der Waals surface area contributed by atoms with Crippen LogP contribution in [0.2, 0.25) is 0 Å². The van der Waals surface area contributed by atoms with E-state index < -0.39 is 14.2 Å². The molecule has 0 fully saturated rings. The third-order valence-electron chi connectivity index (χ3n) is 10.3. The number of benzene rings is 3. The second-order valence-corrected chi connectivity index (χ2v) is 19.8. The van der Waals surface area contributed by atoms with Gasteiger partial charge in [0, 0.05) is 0 Å². The summed E-state index contributed by atoms with van der Waals surface area (Å²) in [5.41, 5.74) is 7.28. The third-order valence-corrected chi connectivity index (χ3v) is 16.9. The van der Waals surface area contributed by atoms with Crippen LogP contribution in [0.5, 0.6) is 0 Å². The molecule has 0 aliphatic carbocycles. The SMILES string of the molecule is CCCCP(CCCC)(CCCC)(CCCC)OB(O)OCCCC(c1ccc(C)cc1)(c1ccc(C)cc1)c1ccc(C)cc1. The Balaban J connectivity index is 1.92.